The highest BCUT2D eigenvalue weighted by Crippen LogP contribution is 2.24. The van der Waals surface area contributed by atoms with Crippen LogP contribution in [0.4, 0.5) is 0 Å². The molecule has 0 aromatic heterocycles. The highest BCUT2D eigenvalue weighted by atomic mass is 32.2. The summed E-state index contributed by atoms with van der Waals surface area (Å²) in [7, 11) is -8.34. The third-order valence-corrected chi connectivity index (χ3v) is 8.06. The Balaban J connectivity index is 2.38. The minimum Gasteiger partial charge on any atom is -0.392 e. The summed E-state index contributed by atoms with van der Waals surface area (Å²) in [4.78, 5) is -0.0709. The molecule has 0 fully saturated rings. The summed E-state index contributed by atoms with van der Waals surface area (Å²) in [5.74, 6) is 0.131. The molecule has 7 nitrogen and oxygen atoms in total. The molecule has 9 heteroatoms. The molecule has 0 saturated carbocycles. The molecule has 0 aliphatic heterocycles. The van der Waals surface area contributed by atoms with Gasteiger partial charge in [-0.15, -0.1) is 0 Å². The molecular weight excluding hydrogens is 438 g/mol. The van der Waals surface area contributed by atoms with E-state index >= 15 is 0 Å². The van der Waals surface area contributed by atoms with E-state index in [2.05, 4.69) is 0 Å². The van der Waals surface area contributed by atoms with Gasteiger partial charge in [0.15, 0.2) is 0 Å². The van der Waals surface area contributed by atoms with Crippen LogP contribution >= 0.6 is 0 Å². The summed E-state index contributed by atoms with van der Waals surface area (Å²) >= 11 is 0. The average Bonchev–Trinajstić information content (AvgIpc) is 2.65. The van der Waals surface area contributed by atoms with Crippen molar-refractivity contribution in [3.05, 3.63) is 59.7 Å². The zero-order chi connectivity index (χ0) is 23.4. The molecular formula is C22H31NO6S2. The first-order valence-electron chi connectivity index (χ1n) is 10.1. The van der Waals surface area contributed by atoms with Gasteiger partial charge in [0.25, 0.3) is 10.1 Å². The molecule has 0 heterocycles. The fraction of sp³-hybridized carbons (Fsp3) is 0.455. The van der Waals surface area contributed by atoms with E-state index in [-0.39, 0.29) is 22.3 Å². The number of benzene rings is 2. The molecule has 0 bridgehead atoms. The number of hydrogen-bond acceptors (Lipinski definition) is 6. The summed E-state index contributed by atoms with van der Waals surface area (Å²) in [5, 5.41) is 10.4. The molecule has 2 atom stereocenters. The predicted octanol–water partition coefficient (Wildman–Crippen LogP) is 3.45. The molecule has 0 amide bonds. The second kappa shape index (κ2) is 10.2. The minimum atomic E-state index is -4.22. The fourth-order valence-corrected chi connectivity index (χ4v) is 5.76. The zero-order valence-corrected chi connectivity index (χ0v) is 20.2. The van der Waals surface area contributed by atoms with Crippen LogP contribution in [0.2, 0.25) is 0 Å². The van der Waals surface area contributed by atoms with Crippen LogP contribution in [-0.4, -0.2) is 45.1 Å². The second-order valence-electron chi connectivity index (χ2n) is 8.13. The first-order valence-corrected chi connectivity index (χ1v) is 12.9. The number of nitrogens with zero attached hydrogens (tertiary/aromatic N) is 1. The van der Waals surface area contributed by atoms with E-state index in [1.165, 1.54) is 31.2 Å². The lowest BCUT2D eigenvalue weighted by atomic mass is 10.1. The monoisotopic (exact) mass is 469 g/mol. The van der Waals surface area contributed by atoms with Crippen molar-refractivity contribution in [3.63, 3.8) is 0 Å². The van der Waals surface area contributed by atoms with Gasteiger partial charge in [-0.25, -0.2) is 12.6 Å². The van der Waals surface area contributed by atoms with Gasteiger partial charge in [0.2, 0.25) is 10.0 Å². The van der Waals surface area contributed by atoms with E-state index in [4.69, 9.17) is 4.18 Å². The molecule has 1 N–H and O–H groups in total. The van der Waals surface area contributed by atoms with Crippen molar-refractivity contribution in [1.29, 1.82) is 0 Å². The third-order valence-electron chi connectivity index (χ3n) is 4.74. The largest absolute Gasteiger partial charge is 0.392 e. The maximum Gasteiger partial charge on any atom is 0.298 e. The summed E-state index contributed by atoms with van der Waals surface area (Å²) in [5.41, 5.74) is 1.77. The van der Waals surface area contributed by atoms with Crippen LogP contribution < -0.4 is 0 Å². The van der Waals surface area contributed by atoms with Crippen molar-refractivity contribution in [2.45, 2.75) is 63.2 Å². The quantitative estimate of drug-likeness (QED) is 0.422. The topological polar surface area (TPSA) is 101 Å². The van der Waals surface area contributed by atoms with Gasteiger partial charge in [0.1, 0.15) is 6.23 Å². The molecule has 0 radical (unpaired) electrons. The predicted molar refractivity (Wildman–Crippen MR) is 119 cm³/mol. The van der Waals surface area contributed by atoms with E-state index in [0.29, 0.717) is 6.42 Å². The lowest BCUT2D eigenvalue weighted by molar-refractivity contribution is 0.0569. The highest BCUT2D eigenvalue weighted by Gasteiger charge is 2.34. The first-order chi connectivity index (χ1) is 14.3. The van der Waals surface area contributed by atoms with Crippen molar-refractivity contribution in [2.24, 2.45) is 5.92 Å². The maximum absolute atomic E-state index is 13.3. The zero-order valence-electron chi connectivity index (χ0n) is 18.5. The lowest BCUT2D eigenvalue weighted by Gasteiger charge is -2.30. The number of hydrogen-bond donors (Lipinski definition) is 1. The number of sulfonamides is 1. The summed E-state index contributed by atoms with van der Waals surface area (Å²) in [6, 6.07) is 12.3. The Hall–Kier alpha value is -1.78. The van der Waals surface area contributed by atoms with E-state index in [1.807, 2.05) is 27.7 Å². The minimum absolute atomic E-state index is 0.00182. The number of aliphatic hydroxyl groups excluding tert-OH is 1. The fourth-order valence-electron chi connectivity index (χ4n) is 3.11. The van der Waals surface area contributed by atoms with Gasteiger partial charge in [-0.3, -0.25) is 0 Å². The normalized spacial score (nSPS) is 14.7. The molecule has 2 rings (SSSR count). The Kier molecular flexibility index (Phi) is 8.40. The first kappa shape index (κ1) is 25.5. The van der Waals surface area contributed by atoms with Gasteiger partial charge in [-0.2, -0.15) is 12.7 Å². The van der Waals surface area contributed by atoms with E-state index in [0.717, 1.165) is 15.4 Å². The molecule has 0 aliphatic rings. The Bertz CT molecular complexity index is 1060. The number of aryl methyl sites for hydroxylation is 2. The maximum atomic E-state index is 13.3. The number of rotatable bonds is 10. The molecule has 2 aromatic rings. The van der Waals surface area contributed by atoms with Crippen LogP contribution in [0.15, 0.2) is 58.3 Å². The standard InChI is InChI=1S/C22H31NO6S2/c1-16(2)14-20(24)15-23(30(25,26)21-10-6-17(3)7-11-21)19(5)29-31(27,28)22-12-8-18(4)9-13-22/h6-13,16,19-20,24H,14-15H2,1-5H3. The van der Waals surface area contributed by atoms with E-state index in [9.17, 15) is 21.9 Å². The average molecular weight is 470 g/mol. The Labute approximate surface area is 185 Å². The van der Waals surface area contributed by atoms with Crippen LogP contribution in [-0.2, 0) is 24.3 Å². The van der Waals surface area contributed by atoms with E-state index < -0.39 is 32.5 Å². The van der Waals surface area contributed by atoms with Crippen LogP contribution in [0.3, 0.4) is 0 Å². The number of aliphatic hydroxyl groups is 1. The van der Waals surface area contributed by atoms with Gasteiger partial charge in [0.05, 0.1) is 15.9 Å². The molecule has 0 saturated heterocycles. The Morgan fingerprint density at radius 3 is 1.74 bits per heavy atom. The summed E-state index contributed by atoms with van der Waals surface area (Å²) < 4.78 is 58.2. The van der Waals surface area contributed by atoms with Crippen molar-refractivity contribution >= 4 is 20.1 Å². The van der Waals surface area contributed by atoms with Crippen molar-refractivity contribution in [2.75, 3.05) is 6.54 Å². The van der Waals surface area contributed by atoms with Crippen LogP contribution in [0.25, 0.3) is 0 Å². The molecule has 0 aliphatic carbocycles. The molecule has 31 heavy (non-hydrogen) atoms. The molecule has 0 spiro atoms. The van der Waals surface area contributed by atoms with Gasteiger partial charge >= 0.3 is 0 Å². The molecule has 2 unspecified atom stereocenters. The second-order valence-corrected chi connectivity index (χ2v) is 11.6. The molecule has 2 aromatic carbocycles. The van der Waals surface area contributed by atoms with Crippen molar-refractivity contribution < 1.29 is 26.1 Å². The van der Waals surface area contributed by atoms with Crippen molar-refractivity contribution in [3.8, 4) is 0 Å². The van der Waals surface area contributed by atoms with Crippen molar-refractivity contribution in [1.82, 2.24) is 4.31 Å². The smallest absolute Gasteiger partial charge is 0.298 e. The van der Waals surface area contributed by atoms with Gasteiger partial charge in [-0.1, -0.05) is 49.2 Å². The van der Waals surface area contributed by atoms with Crippen LogP contribution in [0.5, 0.6) is 0 Å². The van der Waals surface area contributed by atoms with Crippen LogP contribution in [0.1, 0.15) is 38.3 Å². The third kappa shape index (κ3) is 6.85. The van der Waals surface area contributed by atoms with Gasteiger partial charge in [0, 0.05) is 6.54 Å². The molecule has 172 valence electrons. The highest BCUT2D eigenvalue weighted by molar-refractivity contribution is 7.89. The summed E-state index contributed by atoms with van der Waals surface area (Å²) in [6.45, 7) is 8.53. The Morgan fingerprint density at radius 2 is 1.29 bits per heavy atom. The SMILES string of the molecule is Cc1ccc(S(=O)(=O)OC(C)N(CC(O)CC(C)C)S(=O)(=O)c2ccc(C)cc2)cc1. The van der Waals surface area contributed by atoms with Gasteiger partial charge < -0.3 is 5.11 Å². The lowest BCUT2D eigenvalue weighted by Crippen LogP contribution is -2.45. The van der Waals surface area contributed by atoms with Gasteiger partial charge in [-0.05, 0) is 57.4 Å². The van der Waals surface area contributed by atoms with Crippen LogP contribution in [0, 0.1) is 19.8 Å². The summed E-state index contributed by atoms with van der Waals surface area (Å²) in [6.07, 6.45) is -1.98. The Morgan fingerprint density at radius 1 is 0.839 bits per heavy atom. The van der Waals surface area contributed by atoms with E-state index in [1.54, 1.807) is 24.3 Å².